The van der Waals surface area contributed by atoms with Gasteiger partial charge in [-0.3, -0.25) is 9.48 Å². The van der Waals surface area contributed by atoms with Crippen LogP contribution in [0.1, 0.15) is 32.6 Å². The van der Waals surface area contributed by atoms with Gasteiger partial charge in [0, 0.05) is 24.3 Å². The molecule has 2 atom stereocenters. The lowest BCUT2D eigenvalue weighted by molar-refractivity contribution is -0.157. The number of carbonyl (C=O) groups excluding carboxylic acids is 1. The minimum atomic E-state index is -0.379. The predicted molar refractivity (Wildman–Crippen MR) is 75.1 cm³/mol. The molecule has 6 heteroatoms. The van der Waals surface area contributed by atoms with E-state index >= 15 is 0 Å². The topological polar surface area (TPSA) is 82.2 Å². The van der Waals surface area contributed by atoms with Gasteiger partial charge in [0.2, 0.25) is 5.91 Å². The van der Waals surface area contributed by atoms with Crippen molar-refractivity contribution in [3.05, 3.63) is 12.4 Å². The molecule has 1 spiro atoms. The van der Waals surface area contributed by atoms with Crippen molar-refractivity contribution < 1.29 is 9.53 Å². The smallest absolute Gasteiger partial charge is 0.239 e. The van der Waals surface area contributed by atoms with Crippen molar-refractivity contribution in [1.82, 2.24) is 9.78 Å². The summed E-state index contributed by atoms with van der Waals surface area (Å²) >= 11 is 0. The summed E-state index contributed by atoms with van der Waals surface area (Å²) in [6.07, 6.45) is 8.82. The predicted octanol–water partition coefficient (Wildman–Crippen LogP) is 1.13. The van der Waals surface area contributed by atoms with E-state index in [1.807, 2.05) is 6.20 Å². The monoisotopic (exact) mass is 278 g/mol. The second-order valence-electron chi connectivity index (χ2n) is 5.86. The summed E-state index contributed by atoms with van der Waals surface area (Å²) in [6, 6.07) is 0.457. The van der Waals surface area contributed by atoms with Gasteiger partial charge >= 0.3 is 0 Å². The van der Waals surface area contributed by atoms with E-state index in [1.54, 1.807) is 10.9 Å². The molecule has 0 aromatic carbocycles. The number of hydrogen-bond donors (Lipinski definition) is 2. The van der Waals surface area contributed by atoms with E-state index in [0.29, 0.717) is 17.6 Å². The third-order valence-electron chi connectivity index (χ3n) is 4.73. The van der Waals surface area contributed by atoms with Crippen molar-refractivity contribution >= 4 is 11.6 Å². The SMILES string of the molecule is CCOC1CC(Nc2cnn(CC(N)=O)c2)C12CCC2. The van der Waals surface area contributed by atoms with E-state index < -0.39 is 0 Å². The fourth-order valence-corrected chi connectivity index (χ4v) is 3.53. The number of ether oxygens (including phenoxy) is 1. The molecule has 0 aliphatic heterocycles. The van der Waals surface area contributed by atoms with Crippen LogP contribution in [-0.4, -0.2) is 34.4 Å². The highest BCUT2D eigenvalue weighted by Gasteiger charge is 2.58. The Hall–Kier alpha value is -1.56. The highest BCUT2D eigenvalue weighted by Crippen LogP contribution is 2.58. The summed E-state index contributed by atoms with van der Waals surface area (Å²) in [4.78, 5) is 10.9. The molecule has 2 saturated carbocycles. The lowest BCUT2D eigenvalue weighted by Gasteiger charge is -2.61. The van der Waals surface area contributed by atoms with Crippen molar-refractivity contribution in [3.8, 4) is 0 Å². The maximum Gasteiger partial charge on any atom is 0.239 e. The molecular formula is C14H22N4O2. The van der Waals surface area contributed by atoms with Gasteiger partial charge in [-0.15, -0.1) is 0 Å². The Morgan fingerprint density at radius 3 is 3.05 bits per heavy atom. The van der Waals surface area contributed by atoms with E-state index in [4.69, 9.17) is 10.5 Å². The van der Waals surface area contributed by atoms with Gasteiger partial charge in [-0.2, -0.15) is 5.10 Å². The first-order chi connectivity index (χ1) is 9.64. The van der Waals surface area contributed by atoms with E-state index in [2.05, 4.69) is 17.3 Å². The Labute approximate surface area is 118 Å². The number of rotatable bonds is 6. The van der Waals surface area contributed by atoms with E-state index in [1.165, 1.54) is 19.3 Å². The number of anilines is 1. The number of carbonyl (C=O) groups is 1. The maximum atomic E-state index is 10.9. The van der Waals surface area contributed by atoms with Crippen LogP contribution in [-0.2, 0) is 16.1 Å². The van der Waals surface area contributed by atoms with E-state index in [0.717, 1.165) is 18.7 Å². The number of hydrogen-bond acceptors (Lipinski definition) is 4. The average Bonchev–Trinajstić information content (AvgIpc) is 2.72. The van der Waals surface area contributed by atoms with Gasteiger partial charge in [-0.1, -0.05) is 6.42 Å². The molecule has 2 unspecified atom stereocenters. The zero-order chi connectivity index (χ0) is 14.2. The van der Waals surface area contributed by atoms with Crippen molar-refractivity contribution in [3.63, 3.8) is 0 Å². The molecular weight excluding hydrogens is 256 g/mol. The highest BCUT2D eigenvalue weighted by molar-refractivity contribution is 5.73. The number of amides is 1. The number of nitrogens with zero attached hydrogens (tertiary/aromatic N) is 2. The zero-order valence-electron chi connectivity index (χ0n) is 11.8. The number of aromatic nitrogens is 2. The molecule has 1 aromatic rings. The van der Waals surface area contributed by atoms with E-state index in [-0.39, 0.29) is 12.5 Å². The molecule has 0 radical (unpaired) electrons. The third kappa shape index (κ3) is 2.18. The summed E-state index contributed by atoms with van der Waals surface area (Å²) in [7, 11) is 0. The van der Waals surface area contributed by atoms with Crippen molar-refractivity contribution in [2.75, 3.05) is 11.9 Å². The van der Waals surface area contributed by atoms with Gasteiger partial charge < -0.3 is 15.8 Å². The van der Waals surface area contributed by atoms with Gasteiger partial charge in [0.25, 0.3) is 0 Å². The highest BCUT2D eigenvalue weighted by atomic mass is 16.5. The van der Waals surface area contributed by atoms with Gasteiger partial charge in [-0.05, 0) is 26.2 Å². The van der Waals surface area contributed by atoms with Crippen molar-refractivity contribution in [1.29, 1.82) is 0 Å². The Morgan fingerprint density at radius 2 is 2.45 bits per heavy atom. The lowest BCUT2D eigenvalue weighted by Crippen LogP contribution is -2.64. The van der Waals surface area contributed by atoms with Crippen LogP contribution in [0.5, 0.6) is 0 Å². The molecule has 0 bridgehead atoms. The largest absolute Gasteiger partial charge is 0.379 e. The molecule has 2 aliphatic rings. The Kier molecular flexibility index (Phi) is 3.41. The van der Waals surface area contributed by atoms with Crippen LogP contribution >= 0.6 is 0 Å². The van der Waals surface area contributed by atoms with Crippen LogP contribution in [0.25, 0.3) is 0 Å². The Morgan fingerprint density at radius 1 is 1.65 bits per heavy atom. The fourth-order valence-electron chi connectivity index (χ4n) is 3.53. The van der Waals surface area contributed by atoms with Crippen LogP contribution in [0.15, 0.2) is 12.4 Å². The number of primary amides is 1. The number of nitrogens with one attached hydrogen (secondary N) is 1. The second-order valence-corrected chi connectivity index (χ2v) is 5.86. The number of nitrogens with two attached hydrogens (primary N) is 1. The normalized spacial score (nSPS) is 26.9. The molecule has 2 fully saturated rings. The van der Waals surface area contributed by atoms with E-state index in [9.17, 15) is 4.79 Å². The molecule has 1 amide bonds. The molecule has 0 saturated heterocycles. The summed E-state index contributed by atoms with van der Waals surface area (Å²) in [5, 5.41) is 7.67. The first-order valence-electron chi connectivity index (χ1n) is 7.33. The van der Waals surface area contributed by atoms with Crippen LogP contribution < -0.4 is 11.1 Å². The molecule has 6 nitrogen and oxygen atoms in total. The molecule has 3 N–H and O–H groups in total. The second kappa shape index (κ2) is 5.09. The fraction of sp³-hybridized carbons (Fsp3) is 0.714. The third-order valence-corrected chi connectivity index (χ3v) is 4.73. The Balaban J connectivity index is 1.61. The van der Waals surface area contributed by atoms with Gasteiger partial charge in [-0.25, -0.2) is 0 Å². The molecule has 20 heavy (non-hydrogen) atoms. The quantitative estimate of drug-likeness (QED) is 0.817. The molecule has 1 aromatic heterocycles. The lowest BCUT2D eigenvalue weighted by atomic mass is 9.51. The molecule has 3 rings (SSSR count). The molecule has 2 aliphatic carbocycles. The first-order valence-corrected chi connectivity index (χ1v) is 7.33. The van der Waals surface area contributed by atoms with Gasteiger partial charge in [0.15, 0.2) is 0 Å². The van der Waals surface area contributed by atoms with Crippen LogP contribution in [0.3, 0.4) is 0 Å². The molecule has 1 heterocycles. The minimum Gasteiger partial charge on any atom is -0.379 e. The average molecular weight is 278 g/mol. The van der Waals surface area contributed by atoms with Crippen LogP contribution in [0.4, 0.5) is 5.69 Å². The first kappa shape index (κ1) is 13.4. The van der Waals surface area contributed by atoms with Gasteiger partial charge in [0.1, 0.15) is 6.54 Å². The maximum absolute atomic E-state index is 10.9. The standard InChI is InChI=1S/C14H22N4O2/c1-2-20-12-6-11(14(12)4-3-5-14)17-10-7-16-18(8-10)9-13(15)19/h7-8,11-12,17H,2-6,9H2,1H3,(H2,15,19). The van der Waals surface area contributed by atoms with Crippen molar-refractivity contribution in [2.24, 2.45) is 11.1 Å². The summed E-state index contributed by atoms with van der Waals surface area (Å²) < 4.78 is 7.41. The van der Waals surface area contributed by atoms with Gasteiger partial charge in [0.05, 0.1) is 18.0 Å². The minimum absolute atomic E-state index is 0.124. The molecule has 110 valence electrons. The summed E-state index contributed by atoms with van der Waals surface area (Å²) in [6.45, 7) is 2.97. The van der Waals surface area contributed by atoms with Crippen LogP contribution in [0.2, 0.25) is 0 Å². The zero-order valence-corrected chi connectivity index (χ0v) is 11.8. The Bertz CT molecular complexity index is 495. The summed E-state index contributed by atoms with van der Waals surface area (Å²) in [5.41, 5.74) is 6.44. The van der Waals surface area contributed by atoms with Crippen LogP contribution in [0, 0.1) is 5.41 Å². The van der Waals surface area contributed by atoms with Crippen molar-refractivity contribution in [2.45, 2.75) is 51.3 Å². The summed E-state index contributed by atoms with van der Waals surface area (Å²) in [5.74, 6) is -0.379.